The van der Waals surface area contributed by atoms with Crippen LogP contribution in [0.2, 0.25) is 0 Å². The van der Waals surface area contributed by atoms with Crippen molar-refractivity contribution >= 4 is 30.0 Å². The van der Waals surface area contributed by atoms with Crippen molar-refractivity contribution in [1.29, 1.82) is 0 Å². The monoisotopic (exact) mass is 683 g/mol. The van der Waals surface area contributed by atoms with Gasteiger partial charge in [0, 0.05) is 45.7 Å². The van der Waals surface area contributed by atoms with Crippen LogP contribution < -0.4 is 27.4 Å². The van der Waals surface area contributed by atoms with E-state index in [1.807, 2.05) is 60.7 Å². The van der Waals surface area contributed by atoms with Crippen LogP contribution in [-0.2, 0) is 32.3 Å². The first kappa shape index (κ1) is 40.3. The van der Waals surface area contributed by atoms with E-state index in [1.54, 1.807) is 4.90 Å². The maximum absolute atomic E-state index is 12.9. The number of benzene rings is 2. The SMILES string of the molecule is NC(N)=NCCCCC(O)CC(=O)NCCCC(=O)NCCCCN(CCCNC(=O)OCc1ccccc1)C(=O)OCc1ccccc1. The third-order valence-corrected chi connectivity index (χ3v) is 7.29. The molecule has 0 aliphatic carbocycles. The first-order valence-electron chi connectivity index (χ1n) is 16.9. The fourth-order valence-electron chi connectivity index (χ4n) is 4.65. The lowest BCUT2D eigenvalue weighted by Gasteiger charge is -2.22. The number of amides is 4. The Hall–Kier alpha value is -4.85. The number of aliphatic hydroxyl groups excluding tert-OH is 1. The smallest absolute Gasteiger partial charge is 0.410 e. The predicted molar refractivity (Wildman–Crippen MR) is 187 cm³/mol. The average Bonchev–Trinajstić information content (AvgIpc) is 3.09. The van der Waals surface area contributed by atoms with E-state index in [1.165, 1.54) is 0 Å². The van der Waals surface area contributed by atoms with E-state index in [4.69, 9.17) is 20.9 Å². The summed E-state index contributed by atoms with van der Waals surface area (Å²) < 4.78 is 10.8. The molecular formula is C35H53N7O7. The van der Waals surface area contributed by atoms with Gasteiger partial charge < -0.3 is 46.9 Å². The van der Waals surface area contributed by atoms with Gasteiger partial charge in [0.05, 0.1) is 12.5 Å². The highest BCUT2D eigenvalue weighted by Crippen LogP contribution is 2.07. The van der Waals surface area contributed by atoms with E-state index < -0.39 is 18.3 Å². The number of ether oxygens (including phenoxy) is 2. The van der Waals surface area contributed by atoms with Gasteiger partial charge in [-0.3, -0.25) is 14.6 Å². The molecule has 270 valence electrons. The maximum atomic E-state index is 12.9. The number of nitrogens with two attached hydrogens (primary N) is 2. The number of aliphatic imine (C=N–C) groups is 1. The Labute approximate surface area is 289 Å². The second kappa shape index (κ2) is 25.2. The van der Waals surface area contributed by atoms with E-state index in [2.05, 4.69) is 20.9 Å². The molecule has 8 N–H and O–H groups in total. The molecule has 0 heterocycles. The summed E-state index contributed by atoms with van der Waals surface area (Å²) in [4.78, 5) is 54.7. The van der Waals surface area contributed by atoms with E-state index >= 15 is 0 Å². The Morgan fingerprint density at radius 2 is 1.31 bits per heavy atom. The first-order chi connectivity index (χ1) is 23.7. The van der Waals surface area contributed by atoms with Crippen molar-refractivity contribution in [3.8, 4) is 0 Å². The number of carbonyl (C=O) groups excluding carboxylic acids is 4. The summed E-state index contributed by atoms with van der Waals surface area (Å²) in [5.74, 6) is -0.352. The van der Waals surface area contributed by atoms with Crippen LogP contribution in [0.15, 0.2) is 65.7 Å². The third-order valence-electron chi connectivity index (χ3n) is 7.29. The Balaban J connectivity index is 1.61. The minimum atomic E-state index is -0.741. The third kappa shape index (κ3) is 20.9. The summed E-state index contributed by atoms with van der Waals surface area (Å²) in [6, 6.07) is 18.8. The van der Waals surface area contributed by atoms with Crippen molar-refractivity contribution in [1.82, 2.24) is 20.9 Å². The number of guanidine groups is 1. The van der Waals surface area contributed by atoms with Crippen molar-refractivity contribution in [2.75, 3.05) is 39.3 Å². The maximum Gasteiger partial charge on any atom is 0.410 e. The van der Waals surface area contributed by atoms with E-state index in [9.17, 15) is 24.3 Å². The predicted octanol–water partition coefficient (Wildman–Crippen LogP) is 2.93. The average molecular weight is 684 g/mol. The quantitative estimate of drug-likeness (QED) is 0.0545. The number of hydrogen-bond acceptors (Lipinski definition) is 8. The summed E-state index contributed by atoms with van der Waals surface area (Å²) in [5.41, 5.74) is 12.3. The molecule has 0 aromatic heterocycles. The molecule has 0 aliphatic rings. The number of carbonyl (C=O) groups is 4. The molecule has 0 aliphatic heterocycles. The second-order valence-electron chi connectivity index (χ2n) is 11.5. The highest BCUT2D eigenvalue weighted by molar-refractivity contribution is 5.77. The zero-order valence-corrected chi connectivity index (χ0v) is 28.3. The largest absolute Gasteiger partial charge is 0.445 e. The molecule has 14 nitrogen and oxygen atoms in total. The zero-order valence-electron chi connectivity index (χ0n) is 28.3. The topological polar surface area (TPSA) is 211 Å². The summed E-state index contributed by atoms with van der Waals surface area (Å²) in [7, 11) is 0. The normalized spacial score (nSPS) is 11.1. The Kier molecular flexibility index (Phi) is 20.7. The van der Waals surface area contributed by atoms with Gasteiger partial charge in [-0.15, -0.1) is 0 Å². The standard InChI is InChI=1S/C35H53N7O7/c36-33(37)40-20-8-7-17-30(43)25-32(45)39-21-11-18-31(44)38-19-9-10-23-42(35(47)49-27-29-15-5-2-6-16-29)24-12-22-41-34(46)48-26-28-13-3-1-4-14-28/h1-6,13-16,30,43H,7-12,17-27H2,(H,38,44)(H,39,45)(H,41,46)(H4,36,37,40). The van der Waals surface area contributed by atoms with Gasteiger partial charge >= 0.3 is 12.2 Å². The fraction of sp³-hybridized carbons (Fsp3) is 0.514. The number of aliphatic hydroxyl groups is 1. The van der Waals surface area contributed by atoms with Gasteiger partial charge in [-0.2, -0.15) is 0 Å². The van der Waals surface area contributed by atoms with E-state index in [-0.39, 0.29) is 43.8 Å². The minimum absolute atomic E-state index is 0.00309. The lowest BCUT2D eigenvalue weighted by atomic mass is 10.1. The van der Waals surface area contributed by atoms with Crippen LogP contribution in [0.25, 0.3) is 0 Å². The van der Waals surface area contributed by atoms with Crippen LogP contribution in [-0.4, -0.2) is 85.3 Å². The highest BCUT2D eigenvalue weighted by Gasteiger charge is 2.15. The van der Waals surface area contributed by atoms with Gasteiger partial charge in [0.1, 0.15) is 13.2 Å². The lowest BCUT2D eigenvalue weighted by Crippen LogP contribution is -2.36. The number of unbranched alkanes of at least 4 members (excludes halogenated alkanes) is 2. The van der Waals surface area contributed by atoms with Gasteiger partial charge in [-0.1, -0.05) is 60.7 Å². The van der Waals surface area contributed by atoms with Gasteiger partial charge in [-0.05, 0) is 56.1 Å². The molecule has 0 fully saturated rings. The molecule has 2 aromatic rings. The molecular weight excluding hydrogens is 630 g/mol. The van der Waals surface area contributed by atoms with Gasteiger partial charge in [-0.25, -0.2) is 9.59 Å². The van der Waals surface area contributed by atoms with Crippen molar-refractivity contribution < 1.29 is 33.8 Å². The van der Waals surface area contributed by atoms with Gasteiger partial charge in [0.15, 0.2) is 5.96 Å². The van der Waals surface area contributed by atoms with Crippen molar-refractivity contribution in [2.45, 2.75) is 77.1 Å². The minimum Gasteiger partial charge on any atom is -0.445 e. The van der Waals surface area contributed by atoms with Crippen molar-refractivity contribution in [3.05, 3.63) is 71.8 Å². The molecule has 2 rings (SSSR count). The molecule has 1 atom stereocenters. The molecule has 0 spiro atoms. The summed E-state index contributed by atoms with van der Waals surface area (Å²) in [6.45, 7) is 2.73. The van der Waals surface area contributed by atoms with E-state index in [0.717, 1.165) is 17.5 Å². The van der Waals surface area contributed by atoms with Crippen LogP contribution in [0.5, 0.6) is 0 Å². The van der Waals surface area contributed by atoms with E-state index in [0.29, 0.717) is 77.8 Å². The van der Waals surface area contributed by atoms with Crippen molar-refractivity contribution in [3.63, 3.8) is 0 Å². The fourth-order valence-corrected chi connectivity index (χ4v) is 4.65. The Morgan fingerprint density at radius 1 is 0.714 bits per heavy atom. The van der Waals surface area contributed by atoms with Gasteiger partial charge in [0.2, 0.25) is 11.8 Å². The van der Waals surface area contributed by atoms with Crippen LogP contribution >= 0.6 is 0 Å². The molecule has 0 saturated heterocycles. The number of alkyl carbamates (subject to hydrolysis) is 1. The zero-order chi connectivity index (χ0) is 35.5. The van der Waals surface area contributed by atoms with Gasteiger partial charge in [0.25, 0.3) is 0 Å². The Morgan fingerprint density at radius 3 is 1.98 bits per heavy atom. The molecule has 2 aromatic carbocycles. The summed E-state index contributed by atoms with van der Waals surface area (Å²) in [6.07, 6.45) is 2.72. The number of rotatable bonds is 24. The molecule has 0 saturated carbocycles. The van der Waals surface area contributed by atoms with Crippen LogP contribution in [0.1, 0.15) is 68.9 Å². The molecule has 0 radical (unpaired) electrons. The molecule has 14 heteroatoms. The van der Waals surface area contributed by atoms with Crippen LogP contribution in [0.3, 0.4) is 0 Å². The van der Waals surface area contributed by atoms with Crippen LogP contribution in [0, 0.1) is 0 Å². The Bertz CT molecular complexity index is 1260. The molecule has 0 bridgehead atoms. The summed E-state index contributed by atoms with van der Waals surface area (Å²) in [5, 5.41) is 18.3. The van der Waals surface area contributed by atoms with Crippen molar-refractivity contribution in [2.24, 2.45) is 16.5 Å². The number of hydrogen-bond donors (Lipinski definition) is 6. The number of nitrogens with one attached hydrogen (secondary N) is 3. The molecule has 4 amide bonds. The second-order valence-corrected chi connectivity index (χ2v) is 11.5. The summed E-state index contributed by atoms with van der Waals surface area (Å²) >= 11 is 0. The highest BCUT2D eigenvalue weighted by atomic mass is 16.6. The first-order valence-corrected chi connectivity index (χ1v) is 16.9. The van der Waals surface area contributed by atoms with Crippen LogP contribution in [0.4, 0.5) is 9.59 Å². The lowest BCUT2D eigenvalue weighted by molar-refractivity contribution is -0.124. The molecule has 49 heavy (non-hydrogen) atoms. The number of nitrogens with zero attached hydrogens (tertiary/aromatic N) is 2. The molecule has 1 unspecified atom stereocenters.